The van der Waals surface area contributed by atoms with Gasteiger partial charge in [0.2, 0.25) is 5.95 Å². The number of nitrogens with zero attached hydrogens (tertiary/aromatic N) is 4. The first kappa shape index (κ1) is 13.5. The van der Waals surface area contributed by atoms with E-state index in [2.05, 4.69) is 15.3 Å². The van der Waals surface area contributed by atoms with E-state index < -0.39 is 6.10 Å². The number of hydrogen-bond donors (Lipinski definition) is 1. The summed E-state index contributed by atoms with van der Waals surface area (Å²) in [5, 5.41) is 2.60. The molecule has 1 N–H and O–H groups in total. The third-order valence-electron chi connectivity index (χ3n) is 2.96. The quantitative estimate of drug-likeness (QED) is 0.794. The lowest BCUT2D eigenvalue weighted by Crippen LogP contribution is -2.49. The number of likely N-dealkylation sites (N-methyl/N-ethyl adjacent to an activating group) is 1. The van der Waals surface area contributed by atoms with E-state index in [0.29, 0.717) is 19.1 Å². The highest BCUT2D eigenvalue weighted by Crippen LogP contribution is 2.17. The first-order valence-electron chi connectivity index (χ1n) is 6.20. The van der Waals surface area contributed by atoms with Crippen LogP contribution in [0.2, 0.25) is 0 Å². The van der Waals surface area contributed by atoms with Crippen molar-refractivity contribution < 1.29 is 9.53 Å². The standard InChI is InChI=1S/C12H19N5O2/c1-13-11(18)9-8-17(6-7-19-9)10-4-5-14-12(15-10)16(2)3/h4-5,9H,6-8H2,1-3H3,(H,13,18). The lowest BCUT2D eigenvalue weighted by atomic mass is 10.2. The third-order valence-corrected chi connectivity index (χ3v) is 2.96. The fourth-order valence-electron chi connectivity index (χ4n) is 1.91. The average molecular weight is 265 g/mol. The average Bonchev–Trinajstić information content (AvgIpc) is 2.46. The number of rotatable bonds is 3. The predicted molar refractivity (Wildman–Crippen MR) is 72.4 cm³/mol. The zero-order valence-electron chi connectivity index (χ0n) is 11.5. The zero-order chi connectivity index (χ0) is 13.8. The molecule has 1 aliphatic heterocycles. The Hall–Kier alpha value is -1.89. The molecule has 0 radical (unpaired) electrons. The first-order valence-corrected chi connectivity index (χ1v) is 6.20. The number of carbonyl (C=O) groups excluding carboxylic acids is 1. The molecule has 1 fully saturated rings. The van der Waals surface area contributed by atoms with Crippen LogP contribution in [0.4, 0.5) is 11.8 Å². The van der Waals surface area contributed by atoms with E-state index in [1.807, 2.05) is 30.0 Å². The van der Waals surface area contributed by atoms with E-state index in [-0.39, 0.29) is 5.91 Å². The summed E-state index contributed by atoms with van der Waals surface area (Å²) in [5.74, 6) is 1.36. The summed E-state index contributed by atoms with van der Waals surface area (Å²) in [6, 6.07) is 1.85. The van der Waals surface area contributed by atoms with Gasteiger partial charge in [-0.25, -0.2) is 4.98 Å². The normalized spacial score (nSPS) is 19.1. The van der Waals surface area contributed by atoms with Gasteiger partial charge in [0.15, 0.2) is 6.10 Å². The minimum Gasteiger partial charge on any atom is -0.365 e. The summed E-state index contributed by atoms with van der Waals surface area (Å²) >= 11 is 0. The molecule has 104 valence electrons. The van der Waals surface area contributed by atoms with E-state index in [9.17, 15) is 4.79 Å². The molecule has 2 rings (SSSR count). The second kappa shape index (κ2) is 5.83. The van der Waals surface area contributed by atoms with Crippen LogP contribution < -0.4 is 15.1 Å². The monoisotopic (exact) mass is 265 g/mol. The van der Waals surface area contributed by atoms with Gasteiger partial charge < -0.3 is 19.9 Å². The van der Waals surface area contributed by atoms with Gasteiger partial charge in [0.1, 0.15) is 5.82 Å². The first-order chi connectivity index (χ1) is 9.11. The Morgan fingerprint density at radius 3 is 3.05 bits per heavy atom. The van der Waals surface area contributed by atoms with Crippen molar-refractivity contribution in [3.8, 4) is 0 Å². The molecular weight excluding hydrogens is 246 g/mol. The topological polar surface area (TPSA) is 70.6 Å². The predicted octanol–water partition coefficient (Wildman–Crippen LogP) is -0.506. The molecule has 19 heavy (non-hydrogen) atoms. The zero-order valence-corrected chi connectivity index (χ0v) is 11.5. The maximum atomic E-state index is 11.6. The smallest absolute Gasteiger partial charge is 0.250 e. The summed E-state index contributed by atoms with van der Waals surface area (Å²) in [6.07, 6.45) is 1.28. The summed E-state index contributed by atoms with van der Waals surface area (Å²) in [6.45, 7) is 1.74. The number of nitrogens with one attached hydrogen (secondary N) is 1. The van der Waals surface area contributed by atoms with Crippen LogP contribution in [-0.2, 0) is 9.53 Å². The van der Waals surface area contributed by atoms with Crippen LogP contribution in [0.15, 0.2) is 12.3 Å². The number of amides is 1. The van der Waals surface area contributed by atoms with Crippen molar-refractivity contribution in [1.29, 1.82) is 0 Å². The molecule has 1 aromatic heterocycles. The SMILES string of the molecule is CNC(=O)C1CN(c2ccnc(N(C)C)n2)CCO1. The van der Waals surface area contributed by atoms with Crippen LogP contribution in [0, 0.1) is 0 Å². The maximum Gasteiger partial charge on any atom is 0.250 e. The maximum absolute atomic E-state index is 11.6. The van der Waals surface area contributed by atoms with Crippen molar-refractivity contribution in [2.75, 3.05) is 50.6 Å². The van der Waals surface area contributed by atoms with Gasteiger partial charge in [0.05, 0.1) is 13.2 Å². The number of ether oxygens (including phenoxy) is 1. The fourth-order valence-corrected chi connectivity index (χ4v) is 1.91. The number of hydrogen-bond acceptors (Lipinski definition) is 6. The molecule has 2 heterocycles. The van der Waals surface area contributed by atoms with Crippen LogP contribution in [0.25, 0.3) is 0 Å². The number of morpholine rings is 1. The molecule has 7 heteroatoms. The van der Waals surface area contributed by atoms with Crippen LogP contribution >= 0.6 is 0 Å². The van der Waals surface area contributed by atoms with Gasteiger partial charge in [-0.05, 0) is 6.07 Å². The second-order valence-corrected chi connectivity index (χ2v) is 4.53. The highest BCUT2D eigenvalue weighted by atomic mass is 16.5. The Morgan fingerprint density at radius 2 is 2.37 bits per heavy atom. The lowest BCUT2D eigenvalue weighted by Gasteiger charge is -2.32. The van der Waals surface area contributed by atoms with E-state index in [4.69, 9.17) is 4.74 Å². The van der Waals surface area contributed by atoms with E-state index in [1.165, 1.54) is 0 Å². The largest absolute Gasteiger partial charge is 0.365 e. The minimum absolute atomic E-state index is 0.105. The molecule has 7 nitrogen and oxygen atoms in total. The summed E-state index contributed by atoms with van der Waals surface area (Å²) in [7, 11) is 5.40. The van der Waals surface area contributed by atoms with Crippen LogP contribution in [0.5, 0.6) is 0 Å². The fraction of sp³-hybridized carbons (Fsp3) is 0.583. The Labute approximate surface area is 112 Å². The highest BCUT2D eigenvalue weighted by Gasteiger charge is 2.26. The van der Waals surface area contributed by atoms with Crippen molar-refractivity contribution in [3.05, 3.63) is 12.3 Å². The summed E-state index contributed by atoms with van der Waals surface area (Å²) in [4.78, 5) is 24.2. The van der Waals surface area contributed by atoms with Crippen molar-refractivity contribution in [2.24, 2.45) is 0 Å². The van der Waals surface area contributed by atoms with Crippen LogP contribution in [-0.4, -0.2) is 62.8 Å². The molecule has 1 aromatic rings. The minimum atomic E-state index is -0.448. The Balaban J connectivity index is 2.13. The Morgan fingerprint density at radius 1 is 1.58 bits per heavy atom. The van der Waals surface area contributed by atoms with Gasteiger partial charge >= 0.3 is 0 Å². The van der Waals surface area contributed by atoms with Gasteiger partial charge in [-0.15, -0.1) is 0 Å². The second-order valence-electron chi connectivity index (χ2n) is 4.53. The van der Waals surface area contributed by atoms with Crippen molar-refractivity contribution in [2.45, 2.75) is 6.10 Å². The highest BCUT2D eigenvalue weighted by molar-refractivity contribution is 5.81. The molecule has 1 saturated heterocycles. The molecule has 0 spiro atoms. The molecule has 1 unspecified atom stereocenters. The molecule has 1 aliphatic rings. The molecule has 1 atom stereocenters. The van der Waals surface area contributed by atoms with Crippen molar-refractivity contribution in [1.82, 2.24) is 15.3 Å². The van der Waals surface area contributed by atoms with Gasteiger partial charge in [-0.3, -0.25) is 4.79 Å². The number of anilines is 2. The van der Waals surface area contributed by atoms with Gasteiger partial charge in [-0.1, -0.05) is 0 Å². The summed E-state index contributed by atoms with van der Waals surface area (Å²) < 4.78 is 5.45. The number of aromatic nitrogens is 2. The van der Waals surface area contributed by atoms with E-state index >= 15 is 0 Å². The van der Waals surface area contributed by atoms with Crippen molar-refractivity contribution in [3.63, 3.8) is 0 Å². The van der Waals surface area contributed by atoms with Gasteiger partial charge in [0, 0.05) is 33.9 Å². The Kier molecular flexibility index (Phi) is 4.16. The molecule has 0 aromatic carbocycles. The number of carbonyl (C=O) groups is 1. The summed E-state index contributed by atoms with van der Waals surface area (Å²) in [5.41, 5.74) is 0. The third kappa shape index (κ3) is 3.11. The molecule has 0 bridgehead atoms. The Bertz CT molecular complexity index is 452. The van der Waals surface area contributed by atoms with Crippen LogP contribution in [0.1, 0.15) is 0 Å². The molecule has 1 amide bonds. The van der Waals surface area contributed by atoms with E-state index in [1.54, 1.807) is 13.2 Å². The molecule has 0 saturated carbocycles. The van der Waals surface area contributed by atoms with Crippen LogP contribution in [0.3, 0.4) is 0 Å². The van der Waals surface area contributed by atoms with Gasteiger partial charge in [-0.2, -0.15) is 4.98 Å². The van der Waals surface area contributed by atoms with Gasteiger partial charge in [0.25, 0.3) is 5.91 Å². The van der Waals surface area contributed by atoms with Crippen molar-refractivity contribution >= 4 is 17.7 Å². The lowest BCUT2D eigenvalue weighted by molar-refractivity contribution is -0.132. The molecule has 0 aliphatic carbocycles. The molecular formula is C12H19N5O2. The van der Waals surface area contributed by atoms with E-state index in [0.717, 1.165) is 12.4 Å².